The summed E-state index contributed by atoms with van der Waals surface area (Å²) >= 11 is 0. The number of hydrogen-bond acceptors (Lipinski definition) is 5. The monoisotopic (exact) mass is 628 g/mol. The molecule has 0 saturated heterocycles. The molecule has 2 aromatic heterocycles. The summed E-state index contributed by atoms with van der Waals surface area (Å²) in [7, 11) is 0. The Kier molecular flexibility index (Phi) is 6.18. The topological polar surface area (TPSA) is 62.8 Å². The lowest BCUT2D eigenvalue weighted by atomic mass is 9.92. The number of aromatic nitrogens is 1. The van der Waals surface area contributed by atoms with Crippen LogP contribution in [0, 0.1) is 0 Å². The molecular weight excluding hydrogens is 601 g/mol. The molecule has 1 N–H and O–H groups in total. The summed E-state index contributed by atoms with van der Waals surface area (Å²) in [6.07, 6.45) is 1.55. The van der Waals surface area contributed by atoms with Crippen LogP contribution in [0.3, 0.4) is 0 Å². The van der Waals surface area contributed by atoms with Gasteiger partial charge in [0.2, 0.25) is 0 Å². The summed E-state index contributed by atoms with van der Waals surface area (Å²) in [5.41, 5.74) is 8.00. The summed E-state index contributed by atoms with van der Waals surface area (Å²) in [5.74, 6) is 1.50. The van der Waals surface area contributed by atoms with Gasteiger partial charge in [0.1, 0.15) is 23.2 Å². The van der Waals surface area contributed by atoms with Crippen LogP contribution in [0.5, 0.6) is 0 Å². The molecule has 1 atom stereocenters. The van der Waals surface area contributed by atoms with E-state index >= 15 is 0 Å². The van der Waals surface area contributed by atoms with E-state index in [1.54, 1.807) is 0 Å². The molecule has 0 saturated carbocycles. The third kappa shape index (κ3) is 4.59. The van der Waals surface area contributed by atoms with Crippen LogP contribution < -0.4 is 5.32 Å². The van der Waals surface area contributed by atoms with E-state index in [1.165, 1.54) is 5.39 Å². The quantitative estimate of drug-likeness (QED) is 0.211. The highest BCUT2D eigenvalue weighted by Gasteiger charge is 2.23. The first-order valence-corrected chi connectivity index (χ1v) is 16.5. The van der Waals surface area contributed by atoms with Gasteiger partial charge in [0.15, 0.2) is 5.84 Å². The molecule has 0 spiro atoms. The lowest BCUT2D eigenvalue weighted by Gasteiger charge is -2.24. The van der Waals surface area contributed by atoms with E-state index < -0.39 is 0 Å². The van der Waals surface area contributed by atoms with Gasteiger partial charge in [0.25, 0.3) is 0 Å². The van der Waals surface area contributed by atoms with Crippen LogP contribution in [0.1, 0.15) is 22.9 Å². The van der Waals surface area contributed by atoms with Crippen LogP contribution in [-0.2, 0) is 0 Å². The molecule has 0 amide bonds. The van der Waals surface area contributed by atoms with Gasteiger partial charge < -0.3 is 9.73 Å². The Morgan fingerprint density at radius 1 is 0.531 bits per heavy atom. The summed E-state index contributed by atoms with van der Waals surface area (Å²) in [6, 6.07) is 52.7. The Morgan fingerprint density at radius 3 is 2.18 bits per heavy atom. The molecule has 7 aromatic carbocycles. The molecule has 0 aliphatic carbocycles. The van der Waals surface area contributed by atoms with Gasteiger partial charge in [-0.15, -0.1) is 0 Å². The number of furan rings is 1. The number of hydrogen-bond donors (Lipinski definition) is 1. The van der Waals surface area contributed by atoms with Crippen molar-refractivity contribution in [3.8, 4) is 11.1 Å². The Balaban J connectivity index is 1.15. The highest BCUT2D eigenvalue weighted by Crippen LogP contribution is 2.41. The molecule has 3 heterocycles. The van der Waals surface area contributed by atoms with Gasteiger partial charge in [0, 0.05) is 33.5 Å². The molecule has 5 heteroatoms. The number of benzene rings is 7. The van der Waals surface area contributed by atoms with Crippen molar-refractivity contribution in [3.05, 3.63) is 175 Å². The number of fused-ring (bicyclic) bond motifs is 6. The minimum atomic E-state index is -0.289. The Morgan fingerprint density at radius 2 is 1.29 bits per heavy atom. The van der Waals surface area contributed by atoms with Gasteiger partial charge in [-0.3, -0.25) is 4.98 Å². The SMILES string of the molecule is c1ccc(C2N=C(c3ccc4ccccc4c3)N=C(c3cccc4c(-c5cccc6oc7cc8cccnc8cc7c56)cccc34)N2)cc1. The van der Waals surface area contributed by atoms with Gasteiger partial charge >= 0.3 is 0 Å². The maximum Gasteiger partial charge on any atom is 0.159 e. The Hall–Kier alpha value is -6.59. The van der Waals surface area contributed by atoms with E-state index in [4.69, 9.17) is 14.4 Å². The average Bonchev–Trinajstić information content (AvgIpc) is 3.54. The van der Waals surface area contributed by atoms with Crippen LogP contribution >= 0.6 is 0 Å². The highest BCUT2D eigenvalue weighted by atomic mass is 16.3. The van der Waals surface area contributed by atoms with Crippen molar-refractivity contribution in [2.75, 3.05) is 0 Å². The number of aliphatic imine (C=N–C) groups is 2. The van der Waals surface area contributed by atoms with Gasteiger partial charge in [0.05, 0.1) is 5.52 Å². The Bertz CT molecular complexity index is 2810. The number of rotatable bonds is 4. The lowest BCUT2D eigenvalue weighted by molar-refractivity contribution is 0.669. The second-order valence-corrected chi connectivity index (χ2v) is 12.5. The van der Waals surface area contributed by atoms with Crippen molar-refractivity contribution in [3.63, 3.8) is 0 Å². The van der Waals surface area contributed by atoms with Crippen LogP contribution in [0.25, 0.3) is 65.5 Å². The molecule has 5 nitrogen and oxygen atoms in total. The summed E-state index contributed by atoms with van der Waals surface area (Å²) in [5, 5.41) is 11.5. The van der Waals surface area contributed by atoms with Gasteiger partial charge in [-0.2, -0.15) is 0 Å². The van der Waals surface area contributed by atoms with E-state index in [1.807, 2.05) is 24.4 Å². The van der Waals surface area contributed by atoms with E-state index in [2.05, 4.69) is 144 Å². The van der Waals surface area contributed by atoms with Crippen molar-refractivity contribution >= 4 is 66.1 Å². The fraction of sp³-hybridized carbons (Fsp3) is 0.0227. The molecule has 1 unspecified atom stereocenters. The van der Waals surface area contributed by atoms with E-state index in [9.17, 15) is 0 Å². The van der Waals surface area contributed by atoms with Crippen molar-refractivity contribution < 1.29 is 4.42 Å². The summed E-state index contributed by atoms with van der Waals surface area (Å²) in [4.78, 5) is 15.0. The second-order valence-electron chi connectivity index (χ2n) is 12.5. The molecule has 49 heavy (non-hydrogen) atoms. The van der Waals surface area contributed by atoms with Crippen LogP contribution in [0.4, 0.5) is 0 Å². The first-order chi connectivity index (χ1) is 24.3. The minimum Gasteiger partial charge on any atom is -0.456 e. The predicted molar refractivity (Wildman–Crippen MR) is 201 cm³/mol. The van der Waals surface area contributed by atoms with Gasteiger partial charge in [-0.25, -0.2) is 9.98 Å². The molecule has 0 bridgehead atoms. The lowest BCUT2D eigenvalue weighted by Crippen LogP contribution is -2.33. The first-order valence-electron chi connectivity index (χ1n) is 16.5. The molecule has 10 rings (SSSR count). The fourth-order valence-corrected chi connectivity index (χ4v) is 7.22. The van der Waals surface area contributed by atoms with Crippen LogP contribution in [0.15, 0.2) is 172 Å². The molecule has 230 valence electrons. The summed E-state index contributed by atoms with van der Waals surface area (Å²) < 4.78 is 6.42. The summed E-state index contributed by atoms with van der Waals surface area (Å²) in [6.45, 7) is 0. The first kappa shape index (κ1) is 27.5. The molecule has 0 radical (unpaired) electrons. The van der Waals surface area contributed by atoms with Gasteiger partial charge in [-0.1, -0.05) is 121 Å². The fourth-order valence-electron chi connectivity index (χ4n) is 7.22. The zero-order valence-corrected chi connectivity index (χ0v) is 26.3. The maximum atomic E-state index is 6.42. The van der Waals surface area contributed by atoms with E-state index in [0.29, 0.717) is 5.84 Å². The third-order valence-corrected chi connectivity index (χ3v) is 9.55. The van der Waals surface area contributed by atoms with Crippen molar-refractivity contribution in [2.45, 2.75) is 6.17 Å². The number of nitrogens with one attached hydrogen (secondary N) is 1. The van der Waals surface area contributed by atoms with Crippen molar-refractivity contribution in [2.24, 2.45) is 9.98 Å². The van der Waals surface area contributed by atoms with E-state index in [0.717, 1.165) is 82.7 Å². The van der Waals surface area contributed by atoms with Crippen molar-refractivity contribution in [1.29, 1.82) is 0 Å². The molecule has 1 aliphatic rings. The smallest absolute Gasteiger partial charge is 0.159 e. The predicted octanol–water partition coefficient (Wildman–Crippen LogP) is 10.6. The largest absolute Gasteiger partial charge is 0.456 e. The Labute approximate surface area is 281 Å². The molecule has 1 aliphatic heterocycles. The zero-order chi connectivity index (χ0) is 32.3. The van der Waals surface area contributed by atoms with Crippen LogP contribution in [-0.4, -0.2) is 16.7 Å². The third-order valence-electron chi connectivity index (χ3n) is 9.55. The molecular formula is C44H28N4O. The van der Waals surface area contributed by atoms with E-state index in [-0.39, 0.29) is 6.17 Å². The number of pyridine rings is 1. The zero-order valence-electron chi connectivity index (χ0n) is 26.3. The minimum absolute atomic E-state index is 0.289. The highest BCUT2D eigenvalue weighted by molar-refractivity contribution is 6.21. The van der Waals surface area contributed by atoms with Crippen molar-refractivity contribution in [1.82, 2.24) is 10.3 Å². The second kappa shape index (κ2) is 11.0. The molecule has 9 aromatic rings. The number of amidine groups is 2. The molecule has 0 fully saturated rings. The van der Waals surface area contributed by atoms with Crippen LogP contribution in [0.2, 0.25) is 0 Å². The number of nitrogens with zero attached hydrogens (tertiary/aromatic N) is 3. The van der Waals surface area contributed by atoms with Gasteiger partial charge in [-0.05, 0) is 68.6 Å². The normalized spacial score (nSPS) is 14.7. The standard InChI is InChI=1S/C44H28N4O/c1-2-11-28(12-3-1)42-46-43(31-22-21-27-10-4-5-13-29(27)24-31)48-44(47-42)36-19-7-15-32-33(16-6-17-34(32)36)35-18-8-20-39-41(35)37-26-38-30(14-9-23-45-38)25-40(37)49-39/h1-26,42H,(H,46,47,48). The average molecular weight is 629 g/mol. The maximum absolute atomic E-state index is 6.42.